The van der Waals surface area contributed by atoms with E-state index in [1.54, 1.807) is 19.1 Å². The maximum Gasteiger partial charge on any atom is 0.272 e. The van der Waals surface area contributed by atoms with Crippen LogP contribution in [0, 0.1) is 29.4 Å². The molecule has 1 aliphatic heterocycles. The van der Waals surface area contributed by atoms with E-state index in [2.05, 4.69) is 43.4 Å². The van der Waals surface area contributed by atoms with Crippen molar-refractivity contribution in [2.75, 3.05) is 5.32 Å². The zero-order valence-corrected chi connectivity index (χ0v) is 21.3. The van der Waals surface area contributed by atoms with Crippen molar-refractivity contribution in [2.45, 2.75) is 46.6 Å². The van der Waals surface area contributed by atoms with Crippen LogP contribution >= 0.6 is 0 Å². The number of carbonyl (C=O) groups excluding carboxylic acids is 1. The number of nitrogens with one attached hydrogen (secondary N) is 1. The second kappa shape index (κ2) is 8.17. The van der Waals surface area contributed by atoms with Crippen molar-refractivity contribution in [2.24, 2.45) is 5.41 Å². The number of benzene rings is 3. The summed E-state index contributed by atoms with van der Waals surface area (Å²) in [5.74, 6) is 1.43. The highest BCUT2D eigenvalue weighted by Gasteiger charge is 2.41. The van der Waals surface area contributed by atoms with E-state index < -0.39 is 6.04 Å². The van der Waals surface area contributed by atoms with Crippen molar-refractivity contribution in [3.8, 4) is 11.3 Å². The van der Waals surface area contributed by atoms with Gasteiger partial charge in [0.25, 0.3) is 5.69 Å². The van der Waals surface area contributed by atoms with E-state index in [1.165, 1.54) is 0 Å². The van der Waals surface area contributed by atoms with Crippen molar-refractivity contribution in [3.05, 3.63) is 98.8 Å². The second-order valence-electron chi connectivity index (χ2n) is 11.0. The number of nitro benzene ring substituents is 1. The smallest absolute Gasteiger partial charge is 0.272 e. The van der Waals surface area contributed by atoms with E-state index >= 15 is 0 Å². The van der Waals surface area contributed by atoms with Gasteiger partial charge in [0, 0.05) is 40.4 Å². The zero-order valence-electron chi connectivity index (χ0n) is 21.3. The summed E-state index contributed by atoms with van der Waals surface area (Å²) in [6, 6.07) is 19.3. The van der Waals surface area contributed by atoms with Crippen LogP contribution in [0.15, 0.2) is 70.7 Å². The lowest BCUT2D eigenvalue weighted by atomic mass is 9.68. The van der Waals surface area contributed by atoms with Crippen LogP contribution in [0.3, 0.4) is 0 Å². The molecule has 2 heterocycles. The van der Waals surface area contributed by atoms with E-state index in [1.807, 2.05) is 31.2 Å². The van der Waals surface area contributed by atoms with Crippen LogP contribution in [0.2, 0.25) is 0 Å². The minimum absolute atomic E-state index is 0.0935. The van der Waals surface area contributed by atoms with Gasteiger partial charge in [0.1, 0.15) is 17.6 Å². The standard InChI is InChI=1S/C31H28N2O4/c1-17-14-24(33(35)36)18(2)13-21(17)26-11-12-27(37-26)30-29-22(15-31(3,4)16-25(29)34)28-20-8-6-5-7-19(20)9-10-23(28)32-30/h5-14,30,32H,15-16H2,1-4H3/t30-/m0/s1. The fourth-order valence-electron chi connectivity index (χ4n) is 5.97. The third kappa shape index (κ3) is 3.75. The number of Topliss-reactive ketones (excluding diaryl/α,β-unsaturated/α-hetero) is 1. The summed E-state index contributed by atoms with van der Waals surface area (Å²) in [5, 5.41) is 17.3. The molecule has 1 N–H and O–H groups in total. The van der Waals surface area contributed by atoms with Crippen molar-refractivity contribution in [1.29, 1.82) is 0 Å². The number of ketones is 1. The summed E-state index contributed by atoms with van der Waals surface area (Å²) in [4.78, 5) is 24.6. The lowest BCUT2D eigenvalue weighted by Gasteiger charge is -2.39. The Morgan fingerprint density at radius 2 is 1.78 bits per heavy atom. The first-order chi connectivity index (χ1) is 17.6. The van der Waals surface area contributed by atoms with Crippen LogP contribution in [0.5, 0.6) is 0 Å². The Morgan fingerprint density at radius 3 is 2.57 bits per heavy atom. The predicted molar refractivity (Wildman–Crippen MR) is 146 cm³/mol. The molecule has 6 nitrogen and oxygen atoms in total. The SMILES string of the molecule is Cc1cc([N+](=O)[O-])c(C)cc1-c1ccc([C@@H]2Nc3ccc4ccccc4c3C3=C2C(=O)CC(C)(C)C3)o1. The lowest BCUT2D eigenvalue weighted by Crippen LogP contribution is -2.33. The van der Waals surface area contributed by atoms with Crippen LogP contribution in [0.4, 0.5) is 11.4 Å². The number of anilines is 1. The van der Waals surface area contributed by atoms with Gasteiger partial charge in [-0.3, -0.25) is 14.9 Å². The van der Waals surface area contributed by atoms with Gasteiger partial charge in [-0.15, -0.1) is 0 Å². The van der Waals surface area contributed by atoms with Crippen LogP contribution in [0.25, 0.3) is 27.7 Å². The molecule has 1 aliphatic carbocycles. The van der Waals surface area contributed by atoms with Crippen molar-refractivity contribution in [1.82, 2.24) is 0 Å². The summed E-state index contributed by atoms with van der Waals surface area (Å²) in [7, 11) is 0. The Labute approximate surface area is 215 Å². The number of fused-ring (bicyclic) bond motifs is 4. The molecule has 4 aromatic rings. The molecule has 1 atom stereocenters. The topological polar surface area (TPSA) is 85.4 Å². The molecular weight excluding hydrogens is 464 g/mol. The molecule has 0 radical (unpaired) electrons. The highest BCUT2D eigenvalue weighted by atomic mass is 16.6. The first kappa shape index (κ1) is 23.2. The number of aryl methyl sites for hydroxylation is 2. The quantitative estimate of drug-likeness (QED) is 0.232. The molecule has 6 rings (SSSR count). The third-order valence-electron chi connectivity index (χ3n) is 7.66. The Hall–Kier alpha value is -4.19. The molecule has 37 heavy (non-hydrogen) atoms. The van der Waals surface area contributed by atoms with Gasteiger partial charge in [-0.25, -0.2) is 0 Å². The van der Waals surface area contributed by atoms with E-state index in [0.29, 0.717) is 23.5 Å². The molecule has 186 valence electrons. The van der Waals surface area contributed by atoms with Gasteiger partial charge in [0.15, 0.2) is 5.78 Å². The van der Waals surface area contributed by atoms with Gasteiger partial charge < -0.3 is 9.73 Å². The molecule has 6 heteroatoms. The fraction of sp³-hybridized carbons (Fsp3) is 0.258. The predicted octanol–water partition coefficient (Wildman–Crippen LogP) is 7.93. The minimum Gasteiger partial charge on any atom is -0.459 e. The average molecular weight is 493 g/mol. The maximum absolute atomic E-state index is 13.6. The first-order valence-corrected chi connectivity index (χ1v) is 12.5. The number of hydrogen-bond acceptors (Lipinski definition) is 5. The van der Waals surface area contributed by atoms with Crippen LogP contribution in [-0.4, -0.2) is 10.7 Å². The van der Waals surface area contributed by atoms with Gasteiger partial charge in [0.05, 0.1) is 4.92 Å². The Morgan fingerprint density at radius 1 is 1.00 bits per heavy atom. The molecule has 0 saturated heterocycles. The number of rotatable bonds is 3. The molecule has 0 spiro atoms. The first-order valence-electron chi connectivity index (χ1n) is 12.5. The second-order valence-corrected chi connectivity index (χ2v) is 11.0. The monoisotopic (exact) mass is 492 g/mol. The zero-order chi connectivity index (χ0) is 26.1. The average Bonchev–Trinajstić information content (AvgIpc) is 3.33. The lowest BCUT2D eigenvalue weighted by molar-refractivity contribution is -0.385. The number of allylic oxidation sites excluding steroid dienone is 1. The van der Waals surface area contributed by atoms with Gasteiger partial charge in [-0.2, -0.15) is 0 Å². The van der Waals surface area contributed by atoms with Gasteiger partial charge in [0.2, 0.25) is 0 Å². The Bertz CT molecular complexity index is 1660. The largest absolute Gasteiger partial charge is 0.459 e. The van der Waals surface area contributed by atoms with Crippen LogP contribution < -0.4 is 5.32 Å². The van der Waals surface area contributed by atoms with Crippen LogP contribution in [-0.2, 0) is 4.79 Å². The number of furan rings is 1. The van der Waals surface area contributed by atoms with Crippen molar-refractivity contribution >= 4 is 33.5 Å². The van der Waals surface area contributed by atoms with E-state index in [9.17, 15) is 14.9 Å². The summed E-state index contributed by atoms with van der Waals surface area (Å²) >= 11 is 0. The minimum atomic E-state index is -0.402. The number of nitro groups is 1. The molecule has 1 aromatic heterocycles. The van der Waals surface area contributed by atoms with E-state index in [0.717, 1.165) is 50.7 Å². The Balaban J connectivity index is 1.50. The van der Waals surface area contributed by atoms with Gasteiger partial charge in [-0.1, -0.05) is 44.2 Å². The third-order valence-corrected chi connectivity index (χ3v) is 7.66. The van der Waals surface area contributed by atoms with E-state index in [-0.39, 0.29) is 21.8 Å². The summed E-state index contributed by atoms with van der Waals surface area (Å²) < 4.78 is 6.38. The Kier molecular flexibility index (Phi) is 5.13. The van der Waals surface area contributed by atoms with Gasteiger partial charge >= 0.3 is 0 Å². The number of nitrogens with zero attached hydrogens (tertiary/aromatic N) is 1. The van der Waals surface area contributed by atoms with Crippen molar-refractivity contribution in [3.63, 3.8) is 0 Å². The fourth-order valence-corrected chi connectivity index (χ4v) is 5.97. The molecule has 2 aliphatic rings. The molecule has 0 saturated carbocycles. The van der Waals surface area contributed by atoms with Crippen LogP contribution in [0.1, 0.15) is 55.2 Å². The molecular formula is C31H28N2O4. The molecule has 0 bridgehead atoms. The van der Waals surface area contributed by atoms with Gasteiger partial charge in [-0.05, 0) is 71.9 Å². The molecule has 0 amide bonds. The maximum atomic E-state index is 13.6. The highest BCUT2D eigenvalue weighted by molar-refractivity contribution is 6.12. The number of carbonyl (C=O) groups is 1. The molecule has 0 unspecified atom stereocenters. The molecule has 0 fully saturated rings. The summed E-state index contributed by atoms with van der Waals surface area (Å²) in [6.45, 7) is 7.88. The normalized spacial score (nSPS) is 18.4. The summed E-state index contributed by atoms with van der Waals surface area (Å²) in [6.07, 6.45) is 1.29. The summed E-state index contributed by atoms with van der Waals surface area (Å²) in [5.41, 5.74) is 6.09. The van der Waals surface area contributed by atoms with E-state index in [4.69, 9.17) is 4.42 Å². The number of hydrogen-bond donors (Lipinski definition) is 1. The molecule has 3 aromatic carbocycles. The van der Waals surface area contributed by atoms with Crippen molar-refractivity contribution < 1.29 is 14.1 Å². The highest BCUT2D eigenvalue weighted by Crippen LogP contribution is 2.52.